The van der Waals surface area contributed by atoms with Crippen molar-refractivity contribution in [3.05, 3.63) is 108 Å². The van der Waals surface area contributed by atoms with Gasteiger partial charge in [-0.15, -0.1) is 0 Å². The molecule has 0 N–H and O–H groups in total. The number of carbonyl (C=O) groups is 3. The zero-order valence-corrected chi connectivity index (χ0v) is 18.5. The largest absolute Gasteiger partial charge is 0.454 e. The van der Waals surface area contributed by atoms with E-state index in [1.54, 1.807) is 91.0 Å². The van der Waals surface area contributed by atoms with E-state index in [0.717, 1.165) is 0 Å². The van der Waals surface area contributed by atoms with Gasteiger partial charge in [-0.25, -0.2) is 14.4 Å². The first-order chi connectivity index (χ1) is 16.5. The molecule has 1 fully saturated rings. The minimum atomic E-state index is -1.26. The van der Waals surface area contributed by atoms with Crippen molar-refractivity contribution in [3.63, 3.8) is 0 Å². The number of hydrogen-bond acceptors (Lipinski definition) is 7. The molecule has 0 spiro atoms. The van der Waals surface area contributed by atoms with Gasteiger partial charge in [0.15, 0.2) is 0 Å². The Labute approximate surface area is 197 Å². The molecule has 1 heterocycles. The van der Waals surface area contributed by atoms with Gasteiger partial charge >= 0.3 is 17.9 Å². The molecule has 34 heavy (non-hydrogen) atoms. The van der Waals surface area contributed by atoms with E-state index in [-0.39, 0.29) is 12.5 Å². The SMILES string of the molecule is C[C@H]1COC(OC(=O)c2ccccc2)[C@@H](OC(=O)c2ccccc2)[C@H]1OC(=O)c1ccccc1. The van der Waals surface area contributed by atoms with Crippen LogP contribution in [0.2, 0.25) is 0 Å². The fourth-order valence-electron chi connectivity index (χ4n) is 3.60. The molecule has 7 heteroatoms. The van der Waals surface area contributed by atoms with E-state index < -0.39 is 36.4 Å². The molecule has 3 aromatic rings. The maximum atomic E-state index is 12.9. The van der Waals surface area contributed by atoms with Gasteiger partial charge < -0.3 is 18.9 Å². The Morgan fingerprint density at radius 3 is 1.44 bits per heavy atom. The second-order valence-corrected chi connectivity index (χ2v) is 7.92. The Balaban J connectivity index is 1.59. The molecule has 1 saturated heterocycles. The lowest BCUT2D eigenvalue weighted by molar-refractivity contribution is -0.236. The third-order valence-electron chi connectivity index (χ3n) is 5.41. The average molecular weight is 460 g/mol. The van der Waals surface area contributed by atoms with Crippen LogP contribution in [-0.2, 0) is 18.9 Å². The van der Waals surface area contributed by atoms with E-state index in [4.69, 9.17) is 18.9 Å². The van der Waals surface area contributed by atoms with E-state index in [1.807, 2.05) is 6.92 Å². The Bertz CT molecular complexity index is 1120. The van der Waals surface area contributed by atoms with Crippen LogP contribution in [0.15, 0.2) is 91.0 Å². The number of carbonyl (C=O) groups excluding carboxylic acids is 3. The summed E-state index contributed by atoms with van der Waals surface area (Å²) in [6.45, 7) is 1.94. The molecule has 4 atom stereocenters. The molecule has 1 aliphatic heterocycles. The lowest BCUT2D eigenvalue weighted by atomic mass is 9.96. The minimum absolute atomic E-state index is 0.138. The molecule has 0 saturated carbocycles. The molecule has 7 nitrogen and oxygen atoms in total. The molecule has 1 unspecified atom stereocenters. The molecular weight excluding hydrogens is 436 g/mol. The highest BCUT2D eigenvalue weighted by atomic mass is 16.7. The summed E-state index contributed by atoms with van der Waals surface area (Å²) in [7, 11) is 0. The van der Waals surface area contributed by atoms with Crippen LogP contribution in [0, 0.1) is 5.92 Å². The van der Waals surface area contributed by atoms with Gasteiger partial charge in [0.1, 0.15) is 6.10 Å². The zero-order valence-electron chi connectivity index (χ0n) is 18.5. The van der Waals surface area contributed by atoms with Crippen LogP contribution in [0.25, 0.3) is 0 Å². The molecule has 0 amide bonds. The normalized spacial score (nSPS) is 21.8. The van der Waals surface area contributed by atoms with Crippen LogP contribution >= 0.6 is 0 Å². The summed E-state index contributed by atoms with van der Waals surface area (Å²) < 4.78 is 22.8. The van der Waals surface area contributed by atoms with E-state index in [9.17, 15) is 14.4 Å². The summed E-state index contributed by atoms with van der Waals surface area (Å²) in [5.74, 6) is -2.19. The molecule has 1 aliphatic rings. The number of ether oxygens (including phenoxy) is 4. The standard InChI is InChI=1S/C27H24O7/c1-18-17-31-27(34-26(30)21-15-9-4-10-16-21)23(33-25(29)20-13-7-3-8-14-20)22(18)32-24(28)19-11-5-2-6-12-19/h2-16,18,22-23,27H,17H2,1H3/t18-,22-,23-,27?/m0/s1. The topological polar surface area (TPSA) is 88.1 Å². The first-order valence-electron chi connectivity index (χ1n) is 10.9. The lowest BCUT2D eigenvalue weighted by Crippen LogP contribution is -2.54. The van der Waals surface area contributed by atoms with Crippen molar-refractivity contribution < 1.29 is 33.3 Å². The zero-order chi connectivity index (χ0) is 23.9. The van der Waals surface area contributed by atoms with Crippen LogP contribution in [0.1, 0.15) is 38.0 Å². The van der Waals surface area contributed by atoms with Crippen LogP contribution in [0.4, 0.5) is 0 Å². The van der Waals surface area contributed by atoms with Crippen LogP contribution in [0.3, 0.4) is 0 Å². The Morgan fingerprint density at radius 1 is 0.618 bits per heavy atom. The van der Waals surface area contributed by atoms with Gasteiger partial charge in [0.05, 0.1) is 23.3 Å². The van der Waals surface area contributed by atoms with Crippen molar-refractivity contribution in [2.75, 3.05) is 6.61 Å². The minimum Gasteiger partial charge on any atom is -0.454 e. The fourth-order valence-corrected chi connectivity index (χ4v) is 3.60. The van der Waals surface area contributed by atoms with E-state index in [1.165, 1.54) is 0 Å². The average Bonchev–Trinajstić information content (AvgIpc) is 2.89. The second-order valence-electron chi connectivity index (χ2n) is 7.92. The molecule has 0 radical (unpaired) electrons. The predicted octanol–water partition coefficient (Wildman–Crippen LogP) is 4.29. The maximum absolute atomic E-state index is 12.9. The Kier molecular flexibility index (Phi) is 7.34. The molecule has 174 valence electrons. The highest BCUT2D eigenvalue weighted by molar-refractivity contribution is 5.91. The number of benzene rings is 3. The van der Waals surface area contributed by atoms with Gasteiger partial charge in [0.25, 0.3) is 0 Å². The molecule has 4 rings (SSSR count). The van der Waals surface area contributed by atoms with E-state index in [0.29, 0.717) is 16.7 Å². The van der Waals surface area contributed by atoms with Crippen molar-refractivity contribution in [3.8, 4) is 0 Å². The van der Waals surface area contributed by atoms with Gasteiger partial charge in [-0.3, -0.25) is 0 Å². The van der Waals surface area contributed by atoms with Crippen LogP contribution in [-0.4, -0.2) is 43.0 Å². The van der Waals surface area contributed by atoms with Crippen molar-refractivity contribution >= 4 is 17.9 Å². The third-order valence-corrected chi connectivity index (χ3v) is 5.41. The monoisotopic (exact) mass is 460 g/mol. The molecular formula is C27H24O7. The highest BCUT2D eigenvalue weighted by Crippen LogP contribution is 2.29. The van der Waals surface area contributed by atoms with Crippen molar-refractivity contribution in [1.82, 2.24) is 0 Å². The van der Waals surface area contributed by atoms with E-state index >= 15 is 0 Å². The Hall–Kier alpha value is -3.97. The quantitative estimate of drug-likeness (QED) is 0.401. The first-order valence-corrected chi connectivity index (χ1v) is 10.9. The van der Waals surface area contributed by atoms with Gasteiger partial charge in [-0.05, 0) is 36.4 Å². The van der Waals surface area contributed by atoms with Gasteiger partial charge in [0.2, 0.25) is 12.4 Å². The third kappa shape index (κ3) is 5.50. The fraction of sp³-hybridized carbons (Fsp3) is 0.222. The summed E-state index contributed by atoms with van der Waals surface area (Å²) in [5, 5.41) is 0. The van der Waals surface area contributed by atoms with Crippen LogP contribution < -0.4 is 0 Å². The second kappa shape index (κ2) is 10.8. The molecule has 0 bridgehead atoms. The summed E-state index contributed by atoms with van der Waals surface area (Å²) in [4.78, 5) is 38.4. The van der Waals surface area contributed by atoms with Crippen LogP contribution in [0.5, 0.6) is 0 Å². The van der Waals surface area contributed by atoms with Crippen molar-refractivity contribution in [1.29, 1.82) is 0 Å². The molecule has 0 aromatic heterocycles. The smallest absolute Gasteiger partial charge is 0.340 e. The summed E-state index contributed by atoms with van der Waals surface area (Å²) >= 11 is 0. The lowest BCUT2D eigenvalue weighted by Gasteiger charge is -2.39. The highest BCUT2D eigenvalue weighted by Gasteiger charge is 2.46. The van der Waals surface area contributed by atoms with Gasteiger partial charge in [0, 0.05) is 5.92 Å². The van der Waals surface area contributed by atoms with Gasteiger partial charge in [-0.2, -0.15) is 0 Å². The van der Waals surface area contributed by atoms with E-state index in [2.05, 4.69) is 0 Å². The first kappa shape index (κ1) is 23.2. The maximum Gasteiger partial charge on any atom is 0.340 e. The van der Waals surface area contributed by atoms with Crippen molar-refractivity contribution in [2.24, 2.45) is 5.92 Å². The molecule has 0 aliphatic carbocycles. The summed E-state index contributed by atoms with van der Waals surface area (Å²) in [6, 6.07) is 25.3. The predicted molar refractivity (Wildman–Crippen MR) is 122 cm³/mol. The van der Waals surface area contributed by atoms with Gasteiger partial charge in [-0.1, -0.05) is 61.5 Å². The summed E-state index contributed by atoms with van der Waals surface area (Å²) in [6.07, 6.45) is -3.33. The molecule has 3 aromatic carbocycles. The number of esters is 3. The Morgan fingerprint density at radius 2 is 1.00 bits per heavy atom. The number of rotatable bonds is 6. The van der Waals surface area contributed by atoms with Crippen molar-refractivity contribution in [2.45, 2.75) is 25.4 Å². The summed E-state index contributed by atoms with van der Waals surface area (Å²) in [5.41, 5.74) is 0.977. The number of hydrogen-bond donors (Lipinski definition) is 0.